The standard InChI is InChI=1S/C12H13N3S/c1-2-8-14-12-10(11(13)15-16-12)9-6-4-3-5-7-9/h2-7,14H,1,8H2,(H2,13,15). The number of nitrogens with one attached hydrogen (secondary N) is 1. The molecule has 1 aromatic heterocycles. The van der Waals surface area contributed by atoms with Crippen LogP contribution >= 0.6 is 11.5 Å². The van der Waals surface area contributed by atoms with Crippen molar-refractivity contribution in [1.29, 1.82) is 0 Å². The molecule has 0 aliphatic rings. The van der Waals surface area contributed by atoms with Gasteiger partial charge < -0.3 is 11.1 Å². The Hall–Kier alpha value is -1.81. The Kier molecular flexibility index (Phi) is 3.22. The van der Waals surface area contributed by atoms with Crippen molar-refractivity contribution in [2.24, 2.45) is 0 Å². The lowest BCUT2D eigenvalue weighted by atomic mass is 10.1. The van der Waals surface area contributed by atoms with E-state index in [0.29, 0.717) is 12.4 Å². The number of hydrogen-bond donors (Lipinski definition) is 2. The zero-order chi connectivity index (χ0) is 11.4. The van der Waals surface area contributed by atoms with E-state index < -0.39 is 0 Å². The van der Waals surface area contributed by atoms with Crippen molar-refractivity contribution in [3.63, 3.8) is 0 Å². The molecule has 0 unspecified atom stereocenters. The second-order valence-corrected chi connectivity index (χ2v) is 4.08. The van der Waals surface area contributed by atoms with Gasteiger partial charge in [0.1, 0.15) is 10.8 Å². The number of rotatable bonds is 4. The lowest BCUT2D eigenvalue weighted by Gasteiger charge is -2.04. The molecule has 4 heteroatoms. The molecule has 2 aromatic rings. The summed E-state index contributed by atoms with van der Waals surface area (Å²) in [7, 11) is 0. The van der Waals surface area contributed by atoms with E-state index in [1.165, 1.54) is 11.5 Å². The normalized spacial score (nSPS) is 10.0. The summed E-state index contributed by atoms with van der Waals surface area (Å²) in [6.07, 6.45) is 1.81. The molecule has 2 rings (SSSR count). The van der Waals surface area contributed by atoms with Crippen LogP contribution in [-0.2, 0) is 0 Å². The molecule has 16 heavy (non-hydrogen) atoms. The molecule has 0 atom stereocenters. The second-order valence-electron chi connectivity index (χ2n) is 3.31. The molecule has 0 fully saturated rings. The van der Waals surface area contributed by atoms with E-state index in [-0.39, 0.29) is 0 Å². The summed E-state index contributed by atoms with van der Waals surface area (Å²) in [4.78, 5) is 0. The summed E-state index contributed by atoms with van der Waals surface area (Å²) in [5.41, 5.74) is 7.94. The molecule has 1 aromatic carbocycles. The van der Waals surface area contributed by atoms with Crippen LogP contribution in [0.1, 0.15) is 0 Å². The van der Waals surface area contributed by atoms with Gasteiger partial charge in [0, 0.05) is 6.54 Å². The van der Waals surface area contributed by atoms with Crippen LogP contribution in [0.25, 0.3) is 11.1 Å². The average molecular weight is 231 g/mol. The Morgan fingerprint density at radius 3 is 2.81 bits per heavy atom. The predicted molar refractivity (Wildman–Crippen MR) is 70.6 cm³/mol. The van der Waals surface area contributed by atoms with Crippen molar-refractivity contribution in [3.8, 4) is 11.1 Å². The van der Waals surface area contributed by atoms with Crippen molar-refractivity contribution in [2.75, 3.05) is 17.6 Å². The Morgan fingerprint density at radius 1 is 1.38 bits per heavy atom. The van der Waals surface area contributed by atoms with E-state index in [0.717, 1.165) is 16.1 Å². The van der Waals surface area contributed by atoms with E-state index in [9.17, 15) is 0 Å². The largest absolute Gasteiger partial charge is 0.382 e. The van der Waals surface area contributed by atoms with Gasteiger partial charge in [-0.3, -0.25) is 0 Å². The summed E-state index contributed by atoms with van der Waals surface area (Å²) in [6.45, 7) is 4.39. The van der Waals surface area contributed by atoms with Crippen LogP contribution in [0.15, 0.2) is 43.0 Å². The Bertz CT molecular complexity index is 476. The third-order valence-electron chi connectivity index (χ3n) is 2.19. The van der Waals surface area contributed by atoms with Crippen molar-refractivity contribution in [1.82, 2.24) is 4.37 Å². The SMILES string of the molecule is C=CCNc1snc(N)c1-c1ccccc1. The number of aromatic nitrogens is 1. The first-order chi connectivity index (χ1) is 7.83. The molecule has 3 nitrogen and oxygen atoms in total. The quantitative estimate of drug-likeness (QED) is 0.795. The maximum Gasteiger partial charge on any atom is 0.147 e. The van der Waals surface area contributed by atoms with Gasteiger partial charge in [0.25, 0.3) is 0 Å². The average Bonchev–Trinajstić information content (AvgIpc) is 2.69. The van der Waals surface area contributed by atoms with Crippen molar-refractivity contribution in [2.45, 2.75) is 0 Å². The Labute approximate surface area is 98.8 Å². The molecule has 0 aliphatic heterocycles. The zero-order valence-electron chi connectivity index (χ0n) is 8.81. The van der Waals surface area contributed by atoms with Crippen molar-refractivity contribution in [3.05, 3.63) is 43.0 Å². The summed E-state index contributed by atoms with van der Waals surface area (Å²) in [5, 5.41) is 4.23. The van der Waals surface area contributed by atoms with Crippen LogP contribution in [0.5, 0.6) is 0 Å². The van der Waals surface area contributed by atoms with Crippen LogP contribution in [-0.4, -0.2) is 10.9 Å². The monoisotopic (exact) mass is 231 g/mol. The van der Waals surface area contributed by atoms with Gasteiger partial charge in [-0.25, -0.2) is 0 Å². The smallest absolute Gasteiger partial charge is 0.147 e. The first-order valence-corrected chi connectivity index (χ1v) is 5.75. The third kappa shape index (κ3) is 2.06. The van der Waals surface area contributed by atoms with Crippen molar-refractivity contribution < 1.29 is 0 Å². The van der Waals surface area contributed by atoms with Gasteiger partial charge in [0.05, 0.1) is 5.56 Å². The third-order valence-corrected chi connectivity index (χ3v) is 3.01. The number of nitrogen functional groups attached to an aromatic ring is 1. The van der Waals surface area contributed by atoms with Crippen LogP contribution in [0.3, 0.4) is 0 Å². The van der Waals surface area contributed by atoms with Crippen LogP contribution in [0.4, 0.5) is 10.8 Å². The topological polar surface area (TPSA) is 50.9 Å². The van der Waals surface area contributed by atoms with Gasteiger partial charge in [-0.15, -0.1) is 6.58 Å². The summed E-state index contributed by atoms with van der Waals surface area (Å²) in [6, 6.07) is 10.0. The highest BCUT2D eigenvalue weighted by Gasteiger charge is 2.12. The summed E-state index contributed by atoms with van der Waals surface area (Å²) in [5.74, 6) is 0.572. The number of hydrogen-bond acceptors (Lipinski definition) is 4. The first kappa shape index (κ1) is 10.7. The highest BCUT2D eigenvalue weighted by molar-refractivity contribution is 7.11. The molecule has 82 valence electrons. The van der Waals surface area contributed by atoms with E-state index in [4.69, 9.17) is 5.73 Å². The first-order valence-electron chi connectivity index (χ1n) is 4.98. The molecular weight excluding hydrogens is 218 g/mol. The van der Waals surface area contributed by atoms with E-state index in [1.807, 2.05) is 36.4 Å². The van der Waals surface area contributed by atoms with Gasteiger partial charge in [0.15, 0.2) is 0 Å². The van der Waals surface area contributed by atoms with E-state index in [2.05, 4.69) is 16.3 Å². The maximum atomic E-state index is 5.88. The fraction of sp³-hybridized carbons (Fsp3) is 0.0833. The molecule has 0 saturated carbocycles. The van der Waals surface area contributed by atoms with Gasteiger partial charge in [-0.2, -0.15) is 4.37 Å². The second kappa shape index (κ2) is 4.81. The number of anilines is 2. The van der Waals surface area contributed by atoms with E-state index >= 15 is 0 Å². The molecule has 0 aliphatic carbocycles. The summed E-state index contributed by atoms with van der Waals surface area (Å²) < 4.78 is 4.17. The molecule has 0 bridgehead atoms. The zero-order valence-corrected chi connectivity index (χ0v) is 9.63. The van der Waals surface area contributed by atoms with Crippen molar-refractivity contribution >= 4 is 22.4 Å². The van der Waals surface area contributed by atoms with Crippen LogP contribution in [0, 0.1) is 0 Å². The van der Waals surface area contributed by atoms with E-state index in [1.54, 1.807) is 0 Å². The van der Waals surface area contributed by atoms with Gasteiger partial charge in [-0.1, -0.05) is 36.4 Å². The highest BCUT2D eigenvalue weighted by Crippen LogP contribution is 2.36. The van der Waals surface area contributed by atoms with Gasteiger partial charge in [0.2, 0.25) is 0 Å². The molecule has 1 heterocycles. The predicted octanol–water partition coefficient (Wildman–Crippen LogP) is 2.99. The fourth-order valence-electron chi connectivity index (χ4n) is 1.47. The Morgan fingerprint density at radius 2 is 2.12 bits per heavy atom. The molecule has 0 amide bonds. The molecular formula is C12H13N3S. The minimum atomic E-state index is 0.572. The number of nitrogens with two attached hydrogens (primary N) is 1. The van der Waals surface area contributed by atoms with Crippen LogP contribution < -0.4 is 11.1 Å². The van der Waals surface area contributed by atoms with Crippen LogP contribution in [0.2, 0.25) is 0 Å². The highest BCUT2D eigenvalue weighted by atomic mass is 32.1. The molecule has 0 saturated heterocycles. The number of benzene rings is 1. The molecule has 3 N–H and O–H groups in total. The minimum absolute atomic E-state index is 0.572. The molecule has 0 radical (unpaired) electrons. The van der Waals surface area contributed by atoms with Gasteiger partial charge >= 0.3 is 0 Å². The summed E-state index contributed by atoms with van der Waals surface area (Å²) >= 11 is 1.38. The minimum Gasteiger partial charge on any atom is -0.382 e. The lowest BCUT2D eigenvalue weighted by Crippen LogP contribution is -1.97. The van der Waals surface area contributed by atoms with Gasteiger partial charge in [-0.05, 0) is 17.1 Å². The molecule has 0 spiro atoms. The number of nitrogens with zero attached hydrogens (tertiary/aromatic N) is 1. The lowest BCUT2D eigenvalue weighted by molar-refractivity contribution is 1.37. The Balaban J connectivity index is 2.39. The fourth-order valence-corrected chi connectivity index (χ4v) is 2.21. The maximum absolute atomic E-state index is 5.88.